The third-order valence-corrected chi connectivity index (χ3v) is 10.8. The molecular formula is C33H24ClN3O5S2. The first-order chi connectivity index (χ1) is 21.3. The average molecular weight is 642 g/mol. The third-order valence-electron chi connectivity index (χ3n) is 7.94. The molecule has 8 nitrogen and oxygen atoms in total. The number of amides is 3. The topological polar surface area (TPSA) is 97.7 Å². The van der Waals surface area contributed by atoms with E-state index < -0.39 is 17.1 Å². The molecule has 220 valence electrons. The summed E-state index contributed by atoms with van der Waals surface area (Å²) in [4.78, 5) is 56.1. The Bertz CT molecular complexity index is 2010. The van der Waals surface area contributed by atoms with Crippen LogP contribution in [-0.4, -0.2) is 34.6 Å². The fourth-order valence-corrected chi connectivity index (χ4v) is 8.78. The second-order valence-electron chi connectivity index (χ2n) is 10.5. The lowest BCUT2D eigenvalue weighted by Gasteiger charge is -2.30. The van der Waals surface area contributed by atoms with Gasteiger partial charge in [-0.05, 0) is 64.9 Å². The van der Waals surface area contributed by atoms with Crippen LogP contribution in [0.25, 0.3) is 10.8 Å². The second-order valence-corrected chi connectivity index (χ2v) is 13.1. The van der Waals surface area contributed by atoms with E-state index in [1.54, 1.807) is 43.5 Å². The summed E-state index contributed by atoms with van der Waals surface area (Å²) < 4.78 is 6.65. The Morgan fingerprint density at radius 1 is 0.909 bits per heavy atom. The van der Waals surface area contributed by atoms with Crippen molar-refractivity contribution >= 4 is 74.6 Å². The number of halogens is 1. The number of fused-ring (bicyclic) bond motifs is 3. The monoisotopic (exact) mass is 641 g/mol. The fraction of sp³-hybridized carbons (Fsp3) is 0.152. The quantitative estimate of drug-likeness (QED) is 0.223. The number of ether oxygens (including phenoxy) is 1. The van der Waals surface area contributed by atoms with Crippen LogP contribution >= 0.6 is 34.7 Å². The number of benzene rings is 4. The van der Waals surface area contributed by atoms with Crippen LogP contribution in [0.5, 0.6) is 5.75 Å². The molecule has 2 aliphatic heterocycles. The summed E-state index contributed by atoms with van der Waals surface area (Å²) in [5.41, 5.74) is 1.82. The minimum absolute atomic E-state index is 0.237. The Labute approximate surface area is 265 Å². The molecule has 0 bridgehead atoms. The maximum Gasteiger partial charge on any atom is 0.308 e. The number of thiazole rings is 1. The molecule has 1 N–H and O–H groups in total. The van der Waals surface area contributed by atoms with Gasteiger partial charge in [0.25, 0.3) is 0 Å². The SMILES string of the molecule is COc1ccc(N2C(=O)C3Sc4c(sc(=O)n4CC(=O)Nc4ccc5ccccc5c4)C(c4ccc(Cl)cc4)C3C2=O)cc1. The van der Waals surface area contributed by atoms with Crippen LogP contribution < -0.4 is 19.8 Å². The summed E-state index contributed by atoms with van der Waals surface area (Å²) in [6.45, 7) is -0.237. The molecule has 3 atom stereocenters. The van der Waals surface area contributed by atoms with Crippen molar-refractivity contribution in [3.05, 3.63) is 116 Å². The van der Waals surface area contributed by atoms with Gasteiger partial charge in [0.1, 0.15) is 17.5 Å². The van der Waals surface area contributed by atoms with Crippen molar-refractivity contribution in [3.8, 4) is 5.75 Å². The zero-order valence-corrected chi connectivity index (χ0v) is 25.6. The summed E-state index contributed by atoms with van der Waals surface area (Å²) in [5.74, 6) is -1.80. The van der Waals surface area contributed by atoms with E-state index in [2.05, 4.69) is 5.32 Å². The fourth-order valence-electron chi connectivity index (χ4n) is 5.88. The number of hydrogen-bond donors (Lipinski definition) is 1. The standard InChI is InChI=1S/C33H24ClN3O5S2/c1-42-24-14-12-23(13-15-24)37-30(39)27-26(19-6-9-21(34)10-7-19)29-32(43-28(27)31(37)40)36(33(41)44-29)17-25(38)35-22-11-8-18-4-2-3-5-20(18)16-22/h2-16,26-28H,17H2,1H3,(H,35,38). The number of carbonyl (C=O) groups excluding carboxylic acids is 3. The number of imide groups is 1. The van der Waals surface area contributed by atoms with E-state index in [4.69, 9.17) is 16.3 Å². The van der Waals surface area contributed by atoms with Crippen LogP contribution in [0.4, 0.5) is 11.4 Å². The molecule has 4 aromatic carbocycles. The minimum atomic E-state index is -0.790. The second kappa shape index (κ2) is 11.3. The van der Waals surface area contributed by atoms with Crippen LogP contribution in [0.15, 0.2) is 101 Å². The smallest absolute Gasteiger partial charge is 0.308 e. The Kier molecular flexibility index (Phi) is 7.28. The van der Waals surface area contributed by atoms with Crippen LogP contribution in [0.1, 0.15) is 16.4 Å². The minimum Gasteiger partial charge on any atom is -0.497 e. The first kappa shape index (κ1) is 28.4. The van der Waals surface area contributed by atoms with Crippen LogP contribution in [-0.2, 0) is 20.9 Å². The maximum atomic E-state index is 14.0. The van der Waals surface area contributed by atoms with Crippen molar-refractivity contribution in [1.29, 1.82) is 0 Å². The van der Waals surface area contributed by atoms with E-state index in [-0.39, 0.29) is 29.1 Å². The predicted octanol–water partition coefficient (Wildman–Crippen LogP) is 6.16. The molecule has 3 amide bonds. The van der Waals surface area contributed by atoms with Crippen molar-refractivity contribution < 1.29 is 19.1 Å². The lowest BCUT2D eigenvalue weighted by Crippen LogP contribution is -2.33. The molecule has 44 heavy (non-hydrogen) atoms. The van der Waals surface area contributed by atoms with Gasteiger partial charge in [-0.15, -0.1) is 0 Å². The van der Waals surface area contributed by atoms with E-state index in [9.17, 15) is 19.2 Å². The van der Waals surface area contributed by atoms with Crippen LogP contribution in [0.3, 0.4) is 0 Å². The summed E-state index contributed by atoms with van der Waals surface area (Å²) in [6, 6.07) is 27.3. The zero-order chi connectivity index (χ0) is 30.5. The molecule has 0 radical (unpaired) electrons. The highest BCUT2D eigenvalue weighted by Gasteiger charge is 2.56. The van der Waals surface area contributed by atoms with E-state index in [0.29, 0.717) is 32.1 Å². The number of nitrogens with zero attached hydrogens (tertiary/aromatic N) is 2. The lowest BCUT2D eigenvalue weighted by molar-refractivity contribution is -0.122. The Balaban J connectivity index is 1.25. The average Bonchev–Trinajstić information content (AvgIpc) is 3.47. The normalized spacial score (nSPS) is 19.1. The van der Waals surface area contributed by atoms with Gasteiger partial charge in [0, 0.05) is 21.5 Å². The van der Waals surface area contributed by atoms with E-state index >= 15 is 0 Å². The van der Waals surface area contributed by atoms with E-state index in [1.807, 2.05) is 54.6 Å². The number of anilines is 2. The van der Waals surface area contributed by atoms with Gasteiger partial charge < -0.3 is 10.1 Å². The molecule has 3 heterocycles. The van der Waals surface area contributed by atoms with Gasteiger partial charge in [0.2, 0.25) is 17.7 Å². The van der Waals surface area contributed by atoms with Crippen molar-refractivity contribution in [2.24, 2.45) is 5.92 Å². The number of thioether (sulfide) groups is 1. The molecular weight excluding hydrogens is 618 g/mol. The number of carbonyl (C=O) groups is 3. The van der Waals surface area contributed by atoms with Crippen molar-refractivity contribution in [1.82, 2.24) is 4.57 Å². The van der Waals surface area contributed by atoms with Gasteiger partial charge in [-0.25, -0.2) is 4.90 Å². The molecule has 7 rings (SSSR count). The van der Waals surface area contributed by atoms with Crippen LogP contribution in [0.2, 0.25) is 5.02 Å². The van der Waals surface area contributed by atoms with Gasteiger partial charge in [-0.3, -0.25) is 23.7 Å². The molecule has 0 spiro atoms. The first-order valence-electron chi connectivity index (χ1n) is 13.8. The van der Waals surface area contributed by atoms with Gasteiger partial charge in [0.15, 0.2) is 0 Å². The molecule has 1 fully saturated rings. The molecule has 3 unspecified atom stereocenters. The highest BCUT2D eigenvalue weighted by Crippen LogP contribution is 2.54. The number of aromatic nitrogens is 1. The molecule has 2 aliphatic rings. The molecule has 11 heteroatoms. The number of methoxy groups -OCH3 is 1. The number of nitrogens with one attached hydrogen (secondary N) is 1. The summed E-state index contributed by atoms with van der Waals surface area (Å²) in [7, 11) is 1.54. The summed E-state index contributed by atoms with van der Waals surface area (Å²) in [6.07, 6.45) is 0. The zero-order valence-electron chi connectivity index (χ0n) is 23.2. The first-order valence-corrected chi connectivity index (χ1v) is 15.9. The Morgan fingerprint density at radius 3 is 2.36 bits per heavy atom. The largest absolute Gasteiger partial charge is 0.497 e. The van der Waals surface area contributed by atoms with Crippen molar-refractivity contribution in [2.75, 3.05) is 17.3 Å². The lowest BCUT2D eigenvalue weighted by atomic mass is 9.83. The van der Waals surface area contributed by atoms with Crippen molar-refractivity contribution in [2.45, 2.75) is 22.7 Å². The maximum absolute atomic E-state index is 14.0. The molecule has 1 saturated heterocycles. The molecule has 1 aromatic heterocycles. The molecule has 0 aliphatic carbocycles. The van der Waals surface area contributed by atoms with Gasteiger partial charge >= 0.3 is 4.87 Å². The Hall–Kier alpha value is -4.38. The number of hydrogen-bond acceptors (Lipinski definition) is 7. The van der Waals surface area contributed by atoms with E-state index in [1.165, 1.54) is 21.2 Å². The molecule has 0 saturated carbocycles. The Morgan fingerprint density at radius 2 is 1.64 bits per heavy atom. The highest BCUT2D eigenvalue weighted by atomic mass is 35.5. The van der Waals surface area contributed by atoms with E-state index in [0.717, 1.165) is 27.7 Å². The van der Waals surface area contributed by atoms with Gasteiger partial charge in [-0.1, -0.05) is 77.2 Å². The highest BCUT2D eigenvalue weighted by molar-refractivity contribution is 8.00. The van der Waals surface area contributed by atoms with Gasteiger partial charge in [-0.2, -0.15) is 0 Å². The summed E-state index contributed by atoms with van der Waals surface area (Å²) in [5, 5.41) is 5.19. The summed E-state index contributed by atoms with van der Waals surface area (Å²) >= 11 is 8.37. The molecule has 5 aromatic rings. The number of rotatable bonds is 6. The van der Waals surface area contributed by atoms with Crippen molar-refractivity contribution in [3.63, 3.8) is 0 Å². The predicted molar refractivity (Wildman–Crippen MR) is 173 cm³/mol. The van der Waals surface area contributed by atoms with Crippen LogP contribution in [0, 0.1) is 5.92 Å². The third kappa shape index (κ3) is 4.89. The van der Waals surface area contributed by atoms with Gasteiger partial charge in [0.05, 0.1) is 23.7 Å².